The largest absolute Gasteiger partial charge is 0.318 e. The topological polar surface area (TPSA) is 81.3 Å². The smallest absolute Gasteiger partial charge is 0.271 e. The van der Waals surface area contributed by atoms with Crippen molar-refractivity contribution in [3.63, 3.8) is 0 Å². The van der Waals surface area contributed by atoms with Crippen molar-refractivity contribution in [1.82, 2.24) is 18.9 Å². The Kier molecular flexibility index (Phi) is 4.95. The third-order valence-electron chi connectivity index (χ3n) is 5.10. The number of nitrogens with zero attached hydrogens (tertiary/aromatic N) is 4. The van der Waals surface area contributed by atoms with Crippen LogP contribution in [0.2, 0.25) is 0 Å². The average molecular weight is 466 g/mol. The number of rotatable bonds is 4. The summed E-state index contributed by atoms with van der Waals surface area (Å²) in [6.07, 6.45) is 2.87. The fourth-order valence-electron chi connectivity index (χ4n) is 3.61. The van der Waals surface area contributed by atoms with Gasteiger partial charge in [0.25, 0.3) is 11.5 Å². The normalized spacial score (nSPS) is 11.2. The van der Waals surface area contributed by atoms with Gasteiger partial charge in [0.05, 0.1) is 5.69 Å². The number of nitrogens with one attached hydrogen (secondary N) is 1. The van der Waals surface area contributed by atoms with Gasteiger partial charge in [-0.3, -0.25) is 19.3 Å². The summed E-state index contributed by atoms with van der Waals surface area (Å²) < 4.78 is 16.7. The molecule has 0 fully saturated rings. The van der Waals surface area contributed by atoms with Crippen LogP contribution in [0, 0.1) is 19.7 Å². The number of hydrogen-bond acceptors (Lipinski definition) is 6. The molecular formula is C22H16FN5O2S2. The van der Waals surface area contributed by atoms with Crippen molar-refractivity contribution >= 4 is 38.7 Å². The fraction of sp³-hybridized carbons (Fsp3) is 0.0909. The number of amides is 1. The Balaban J connectivity index is 1.43. The van der Waals surface area contributed by atoms with E-state index in [-0.39, 0.29) is 11.4 Å². The molecule has 0 atom stereocenters. The molecule has 7 nitrogen and oxygen atoms in total. The van der Waals surface area contributed by atoms with Crippen molar-refractivity contribution < 1.29 is 9.18 Å². The molecule has 1 N–H and O–H groups in total. The molecule has 1 amide bonds. The Morgan fingerprint density at radius 2 is 1.94 bits per heavy atom. The first kappa shape index (κ1) is 20.3. The first-order valence-corrected chi connectivity index (χ1v) is 11.4. The van der Waals surface area contributed by atoms with E-state index in [1.807, 2.05) is 29.9 Å². The van der Waals surface area contributed by atoms with E-state index < -0.39 is 11.5 Å². The van der Waals surface area contributed by atoms with Gasteiger partial charge in [-0.15, -0.1) is 22.7 Å². The minimum atomic E-state index is -0.555. The molecule has 0 radical (unpaired) electrons. The summed E-state index contributed by atoms with van der Waals surface area (Å²) in [5.74, 6) is -0.843. The molecule has 0 saturated heterocycles. The average Bonchev–Trinajstić information content (AvgIpc) is 3.49. The molecule has 0 unspecified atom stereocenters. The number of aryl methyl sites for hydroxylation is 1. The lowest BCUT2D eigenvalue weighted by Crippen LogP contribution is -2.25. The van der Waals surface area contributed by atoms with Crippen LogP contribution in [0.15, 0.2) is 58.3 Å². The molecule has 0 aliphatic carbocycles. The molecule has 4 aromatic heterocycles. The van der Waals surface area contributed by atoms with Crippen LogP contribution in [-0.2, 0) is 0 Å². The summed E-state index contributed by atoms with van der Waals surface area (Å²) in [7, 11) is 0. The summed E-state index contributed by atoms with van der Waals surface area (Å²) in [5.41, 5.74) is 3.92. The van der Waals surface area contributed by atoms with Gasteiger partial charge < -0.3 is 4.57 Å². The van der Waals surface area contributed by atoms with Gasteiger partial charge >= 0.3 is 0 Å². The molecule has 0 aliphatic rings. The second kappa shape index (κ2) is 7.81. The van der Waals surface area contributed by atoms with Crippen molar-refractivity contribution in [2.45, 2.75) is 13.8 Å². The molecule has 1 aromatic carbocycles. The van der Waals surface area contributed by atoms with Crippen LogP contribution in [0.5, 0.6) is 0 Å². The summed E-state index contributed by atoms with van der Waals surface area (Å²) in [4.78, 5) is 34.4. The summed E-state index contributed by atoms with van der Waals surface area (Å²) >= 11 is 2.59. The molecule has 0 bridgehead atoms. The first-order chi connectivity index (χ1) is 15.4. The van der Waals surface area contributed by atoms with Crippen LogP contribution in [0.1, 0.15) is 21.7 Å². The highest BCUT2D eigenvalue weighted by molar-refractivity contribution is 7.15. The molecule has 0 spiro atoms. The maximum Gasteiger partial charge on any atom is 0.271 e. The molecule has 5 aromatic rings. The molecule has 5 rings (SSSR count). The first-order valence-electron chi connectivity index (χ1n) is 9.59. The molecular weight excluding hydrogens is 449 g/mol. The van der Waals surface area contributed by atoms with E-state index in [4.69, 9.17) is 0 Å². The van der Waals surface area contributed by atoms with E-state index >= 15 is 0 Å². The number of fused-ring (bicyclic) bond motifs is 1. The third-order valence-corrected chi connectivity index (χ3v) is 6.63. The van der Waals surface area contributed by atoms with E-state index in [9.17, 15) is 14.0 Å². The quantitative estimate of drug-likeness (QED) is 0.418. The molecule has 160 valence electrons. The van der Waals surface area contributed by atoms with Crippen LogP contribution >= 0.6 is 22.7 Å². The van der Waals surface area contributed by atoms with Crippen LogP contribution in [0.4, 0.5) is 9.52 Å². The standard InChI is InChI=1S/C22H16FN5O2S2/c1-12-9-16(13(2)28(12)15-5-3-14(23)4-6-15)18-11-32-21(25-18)26-19(29)17-10-24-22-27(20(17)30)7-8-31-22/h3-11H,1-2H3,(H,25,26,29). The number of carbonyl (C=O) groups is 1. The van der Waals surface area contributed by atoms with Crippen LogP contribution < -0.4 is 10.9 Å². The Morgan fingerprint density at radius 3 is 2.72 bits per heavy atom. The Labute approximate surface area is 189 Å². The predicted octanol–water partition coefficient (Wildman–Crippen LogP) is 4.68. The van der Waals surface area contributed by atoms with Gasteiger partial charge in [-0.1, -0.05) is 0 Å². The second-order valence-corrected chi connectivity index (χ2v) is 8.85. The molecule has 32 heavy (non-hydrogen) atoms. The minimum absolute atomic E-state index is 0.0489. The number of anilines is 1. The highest BCUT2D eigenvalue weighted by Crippen LogP contribution is 2.31. The number of thiazole rings is 2. The fourth-order valence-corrected chi connectivity index (χ4v) is 4.99. The van der Waals surface area contributed by atoms with Gasteiger partial charge in [0.15, 0.2) is 10.1 Å². The van der Waals surface area contributed by atoms with E-state index in [1.54, 1.807) is 23.7 Å². The van der Waals surface area contributed by atoms with Crippen molar-refractivity contribution in [1.29, 1.82) is 0 Å². The lowest BCUT2D eigenvalue weighted by atomic mass is 10.2. The monoisotopic (exact) mass is 465 g/mol. The van der Waals surface area contributed by atoms with Gasteiger partial charge in [-0.25, -0.2) is 14.4 Å². The van der Waals surface area contributed by atoms with E-state index in [0.717, 1.165) is 22.6 Å². The van der Waals surface area contributed by atoms with E-state index in [2.05, 4.69) is 15.3 Å². The number of aromatic nitrogens is 4. The van der Waals surface area contributed by atoms with E-state index in [0.29, 0.717) is 15.8 Å². The number of halogens is 1. The summed E-state index contributed by atoms with van der Waals surface area (Å²) in [6.45, 7) is 3.93. The maximum atomic E-state index is 13.3. The van der Waals surface area contributed by atoms with Gasteiger partial charge in [0, 0.05) is 45.8 Å². The van der Waals surface area contributed by atoms with Crippen molar-refractivity contribution in [2.24, 2.45) is 0 Å². The molecule has 0 aliphatic heterocycles. The molecule has 4 heterocycles. The van der Waals surface area contributed by atoms with Crippen LogP contribution in [-0.4, -0.2) is 24.8 Å². The predicted molar refractivity (Wildman–Crippen MR) is 124 cm³/mol. The van der Waals surface area contributed by atoms with Gasteiger partial charge in [0.1, 0.15) is 11.4 Å². The Bertz CT molecular complexity index is 1530. The van der Waals surface area contributed by atoms with Gasteiger partial charge in [-0.05, 0) is 44.2 Å². The zero-order valence-corrected chi connectivity index (χ0v) is 18.6. The van der Waals surface area contributed by atoms with E-state index in [1.165, 1.54) is 45.4 Å². The summed E-state index contributed by atoms with van der Waals surface area (Å²) in [6, 6.07) is 8.30. The van der Waals surface area contributed by atoms with Gasteiger partial charge in [-0.2, -0.15) is 0 Å². The highest BCUT2D eigenvalue weighted by atomic mass is 32.1. The number of benzene rings is 1. The minimum Gasteiger partial charge on any atom is -0.318 e. The van der Waals surface area contributed by atoms with Crippen molar-refractivity contribution in [3.8, 4) is 16.9 Å². The maximum absolute atomic E-state index is 13.3. The highest BCUT2D eigenvalue weighted by Gasteiger charge is 2.18. The lowest BCUT2D eigenvalue weighted by Gasteiger charge is -2.09. The second-order valence-electron chi connectivity index (χ2n) is 7.12. The Morgan fingerprint density at radius 1 is 1.16 bits per heavy atom. The zero-order valence-electron chi connectivity index (χ0n) is 17.0. The number of carbonyl (C=O) groups excluding carboxylic acids is 1. The van der Waals surface area contributed by atoms with Gasteiger partial charge in [0.2, 0.25) is 0 Å². The van der Waals surface area contributed by atoms with Crippen LogP contribution in [0.25, 0.3) is 21.9 Å². The molecule has 10 heteroatoms. The zero-order chi connectivity index (χ0) is 22.4. The van der Waals surface area contributed by atoms with Crippen molar-refractivity contribution in [3.05, 3.63) is 86.6 Å². The van der Waals surface area contributed by atoms with Crippen molar-refractivity contribution in [2.75, 3.05) is 5.32 Å². The summed E-state index contributed by atoms with van der Waals surface area (Å²) in [5, 5.41) is 6.66. The lowest BCUT2D eigenvalue weighted by molar-refractivity contribution is 0.102. The SMILES string of the molecule is Cc1cc(-c2csc(NC(=O)c3cnc4sccn4c3=O)n2)c(C)n1-c1ccc(F)cc1. The molecule has 0 saturated carbocycles. The Hall–Kier alpha value is -3.63. The van der Waals surface area contributed by atoms with Crippen LogP contribution in [0.3, 0.4) is 0 Å². The third kappa shape index (κ3) is 3.43. The number of hydrogen-bond donors (Lipinski definition) is 1.